The normalized spacial score (nSPS) is 20.8. The lowest BCUT2D eigenvalue weighted by Gasteiger charge is -2.30. The molecule has 0 saturated carbocycles. The lowest BCUT2D eigenvalue weighted by Crippen LogP contribution is -2.46. The highest BCUT2D eigenvalue weighted by Crippen LogP contribution is 2.37. The summed E-state index contributed by atoms with van der Waals surface area (Å²) in [4.78, 5) is 88.1. The molecule has 22 heteroatoms. The van der Waals surface area contributed by atoms with Gasteiger partial charge in [-0.2, -0.15) is 0 Å². The molecule has 14 rings (SSSR count). The number of likely N-dealkylation sites (tertiary alicyclic amines) is 2. The smallest absolute Gasteiger partial charge is 0.410 e. The zero-order valence-corrected chi connectivity index (χ0v) is 52.0. The highest BCUT2D eigenvalue weighted by Gasteiger charge is 2.40. The summed E-state index contributed by atoms with van der Waals surface area (Å²) in [5.41, 5.74) is 5.89. The number of benzene rings is 4. The van der Waals surface area contributed by atoms with Crippen LogP contribution in [0, 0.1) is 0 Å². The van der Waals surface area contributed by atoms with Crippen LogP contribution in [0.2, 0.25) is 25.7 Å². The third kappa shape index (κ3) is 12.0. The average molecular weight is 1220 g/mol. The number of H-pyrrole nitrogens is 1. The Morgan fingerprint density at radius 3 is 1.99 bits per heavy atom. The van der Waals surface area contributed by atoms with Crippen LogP contribution in [0.3, 0.4) is 0 Å². The van der Waals surface area contributed by atoms with E-state index >= 15 is 0 Å². The van der Waals surface area contributed by atoms with Gasteiger partial charge in [-0.15, -0.1) is 0 Å². The largest absolute Gasteiger partial charge is 0.490 e. The summed E-state index contributed by atoms with van der Waals surface area (Å²) < 4.78 is 31.6. The predicted octanol–water partition coefficient (Wildman–Crippen LogP) is 9.75. The third-order valence-electron chi connectivity index (χ3n) is 17.8. The molecule has 0 spiro atoms. The van der Waals surface area contributed by atoms with Gasteiger partial charge < -0.3 is 29.2 Å². The molecule has 2 N–H and O–H groups in total. The highest BCUT2D eigenvalue weighted by molar-refractivity contribution is 7.14. The van der Waals surface area contributed by atoms with E-state index in [-0.39, 0.29) is 72.0 Å². The van der Waals surface area contributed by atoms with Crippen LogP contribution in [0.4, 0.5) is 4.79 Å². The van der Waals surface area contributed by atoms with Gasteiger partial charge in [-0.25, -0.2) is 14.8 Å². The summed E-state index contributed by atoms with van der Waals surface area (Å²) in [6, 6.07) is 20.1. The maximum atomic E-state index is 14.6. The minimum atomic E-state index is -1.37. The van der Waals surface area contributed by atoms with E-state index in [4.69, 9.17) is 28.9 Å². The second kappa shape index (κ2) is 24.8. The van der Waals surface area contributed by atoms with Gasteiger partial charge in [0, 0.05) is 51.0 Å². The number of nitrogens with one attached hydrogen (secondary N) is 2. The van der Waals surface area contributed by atoms with E-state index in [0.717, 1.165) is 86.8 Å². The number of rotatable bonds is 11. The lowest BCUT2D eigenvalue weighted by atomic mass is 10.1. The van der Waals surface area contributed by atoms with E-state index in [9.17, 15) is 24.0 Å². The quantitative estimate of drug-likeness (QED) is 0.0704. The Morgan fingerprint density at radius 1 is 0.709 bits per heavy atom. The fraction of sp³-hybridized carbons (Fsp3) is 0.484. The molecule has 4 saturated heterocycles. The van der Waals surface area contributed by atoms with Crippen LogP contribution < -0.4 is 37.0 Å². The molecule has 6 aliphatic heterocycles. The standard InChI is InChI=1S/C37H47N5O6SSi.C27H29N5O3S/c1-5-16-47-37(45)42-26-12-13-27(42)23-48-31-20-25(21-39-14-7-6-8-15-39)19-30-33(31)38-32(36(44)40(30)24-46-17-18-50(2,3)4)28-10-9-11-29-34(28)49-41(22-26)35(29)43;33-26-23-19-5-4-6-20-25(19)36-32(27(20)34)14-17-7-8-18(28-17)15-35-22-12-16(11-21(29-26)24(22)30-23)13-31-9-2-1-3-10-31/h5,9-11,19-20,26-27H,1,6-8,12-18,21-24H2,2-4H3;4-6,11-12,17-18,28H,1-3,7-10,13-15H2,(H,29,33). The molecule has 0 radical (unpaired) electrons. The molecule has 10 heterocycles. The molecule has 4 aromatic carbocycles. The molecule has 86 heavy (non-hydrogen) atoms. The third-order valence-corrected chi connectivity index (χ3v) is 21.8. The van der Waals surface area contributed by atoms with E-state index in [2.05, 4.69) is 58.5 Å². The molecule has 4 atom stereocenters. The molecule has 452 valence electrons. The number of carbonyl (C=O) groups is 1. The van der Waals surface area contributed by atoms with Crippen molar-refractivity contribution in [1.82, 2.24) is 47.4 Å². The van der Waals surface area contributed by atoms with Gasteiger partial charge in [0.05, 0.1) is 56.4 Å². The van der Waals surface area contributed by atoms with Gasteiger partial charge in [-0.3, -0.25) is 46.4 Å². The van der Waals surface area contributed by atoms with Gasteiger partial charge >= 0.3 is 6.09 Å². The van der Waals surface area contributed by atoms with Crippen molar-refractivity contribution < 1.29 is 23.7 Å². The number of piperidine rings is 2. The SMILES string of the molecule is C=CCOC(=O)N1C2CCC1Cn1sc3c(cccc3c1=O)-c1nc3c(cc(CN4CCCCC4)cc3n(COCC[Si](C)(C)C)c1=O)OC2.O=c1[nH]c2cc(CN3CCCCC3)cc3c2nc1-c1cccc2c(=O)n(sc12)CC1CCC(CO3)N1. The van der Waals surface area contributed by atoms with Crippen molar-refractivity contribution in [3.05, 3.63) is 126 Å². The van der Waals surface area contributed by atoms with Crippen molar-refractivity contribution in [2.24, 2.45) is 0 Å². The summed E-state index contributed by atoms with van der Waals surface area (Å²) >= 11 is 2.74. The van der Waals surface area contributed by atoms with Crippen molar-refractivity contribution in [3.8, 4) is 34.0 Å². The molecule has 8 aromatic rings. The first-order chi connectivity index (χ1) is 41.7. The van der Waals surface area contributed by atoms with Crippen molar-refractivity contribution in [3.63, 3.8) is 0 Å². The van der Waals surface area contributed by atoms with Crippen molar-refractivity contribution in [1.29, 1.82) is 0 Å². The van der Waals surface area contributed by atoms with Crippen LogP contribution in [-0.2, 0) is 42.4 Å². The van der Waals surface area contributed by atoms with Crippen LogP contribution in [0.5, 0.6) is 11.5 Å². The average Bonchev–Trinajstić information content (AvgIpc) is 1.42. The van der Waals surface area contributed by atoms with Gasteiger partial charge in [0.25, 0.3) is 22.2 Å². The molecular weight excluding hydrogens is 1140 g/mol. The number of carbonyl (C=O) groups excluding carboxylic acids is 1. The maximum absolute atomic E-state index is 14.6. The minimum Gasteiger partial charge on any atom is -0.490 e. The summed E-state index contributed by atoms with van der Waals surface area (Å²) in [6.45, 7) is 18.8. The number of aromatic amines is 1. The van der Waals surface area contributed by atoms with Gasteiger partial charge in [-0.05, 0) is 131 Å². The van der Waals surface area contributed by atoms with Gasteiger partial charge in [-0.1, -0.05) is 92.5 Å². The Kier molecular flexibility index (Phi) is 16.8. The first-order valence-electron chi connectivity index (χ1n) is 30.7. The molecule has 4 fully saturated rings. The number of nitrogens with zero attached hydrogens (tertiary/aromatic N) is 8. The van der Waals surface area contributed by atoms with E-state index in [1.807, 2.05) is 40.4 Å². The molecule has 12 bridgehead atoms. The van der Waals surface area contributed by atoms with Crippen molar-refractivity contribution in [2.75, 3.05) is 52.6 Å². The Hall–Kier alpha value is -6.79. The predicted molar refractivity (Wildman–Crippen MR) is 342 cm³/mol. The van der Waals surface area contributed by atoms with E-state index < -0.39 is 14.2 Å². The second-order valence-electron chi connectivity index (χ2n) is 25.3. The van der Waals surface area contributed by atoms with Gasteiger partial charge in [0.2, 0.25) is 0 Å². The maximum Gasteiger partial charge on any atom is 0.410 e. The number of fused-ring (bicyclic) bond motifs is 10. The van der Waals surface area contributed by atoms with Gasteiger partial charge in [0.15, 0.2) is 0 Å². The fourth-order valence-corrected chi connectivity index (χ4v) is 16.4. The summed E-state index contributed by atoms with van der Waals surface area (Å²) in [7, 11) is -1.37. The number of ether oxygens (including phenoxy) is 4. The zero-order valence-electron chi connectivity index (χ0n) is 49.4. The Morgan fingerprint density at radius 2 is 1.31 bits per heavy atom. The molecular formula is C64H76N10O9S2Si. The van der Waals surface area contributed by atoms with E-state index in [1.54, 1.807) is 31.6 Å². The topological polar surface area (TPSA) is 200 Å². The highest BCUT2D eigenvalue weighted by atomic mass is 32.1. The summed E-state index contributed by atoms with van der Waals surface area (Å²) in [5, 5.41) is 4.82. The number of amides is 1. The van der Waals surface area contributed by atoms with Crippen LogP contribution in [0.1, 0.15) is 75.3 Å². The fourth-order valence-electron chi connectivity index (χ4n) is 13.3. The summed E-state index contributed by atoms with van der Waals surface area (Å²) in [6.07, 6.45) is 11.8. The van der Waals surface area contributed by atoms with Crippen LogP contribution in [0.25, 0.3) is 64.8 Å². The van der Waals surface area contributed by atoms with Crippen LogP contribution in [0.15, 0.2) is 92.5 Å². The Labute approximate surface area is 507 Å². The number of hydrogen-bond donors (Lipinski definition) is 2. The summed E-state index contributed by atoms with van der Waals surface area (Å²) in [5.74, 6) is 1.27. The number of aromatic nitrogens is 6. The van der Waals surface area contributed by atoms with E-state index in [0.29, 0.717) is 105 Å². The van der Waals surface area contributed by atoms with Gasteiger partial charge in [0.1, 0.15) is 60.5 Å². The lowest BCUT2D eigenvalue weighted by molar-refractivity contribution is 0.0774. The van der Waals surface area contributed by atoms with E-state index in [1.165, 1.54) is 48.7 Å². The molecule has 6 aliphatic rings. The zero-order chi connectivity index (χ0) is 59.2. The first-order valence-corrected chi connectivity index (χ1v) is 36.0. The Balaban J connectivity index is 0.000000168. The first kappa shape index (κ1) is 58.2. The number of hydrogen-bond acceptors (Lipinski definition) is 16. The molecule has 4 unspecified atom stereocenters. The van der Waals surface area contributed by atoms with Crippen LogP contribution in [-0.4, -0.2) is 133 Å². The Bertz CT molecular complexity index is 4130. The minimum absolute atomic E-state index is 0.00603. The van der Waals surface area contributed by atoms with Crippen molar-refractivity contribution >= 4 is 79.5 Å². The molecule has 0 aliphatic carbocycles. The molecule has 4 aromatic heterocycles. The monoisotopic (exact) mass is 1220 g/mol. The molecule has 1 amide bonds. The van der Waals surface area contributed by atoms with Crippen LogP contribution >= 0.6 is 23.1 Å². The van der Waals surface area contributed by atoms with Crippen molar-refractivity contribution in [2.45, 2.75) is 147 Å². The molecule has 19 nitrogen and oxygen atoms in total. The second-order valence-corrected chi connectivity index (χ2v) is 33.0.